The average Bonchev–Trinajstić information content (AvgIpc) is 3.04. The van der Waals surface area contributed by atoms with Gasteiger partial charge in [0.25, 0.3) is 0 Å². The number of hydrogen-bond donors (Lipinski definition) is 0. The number of hydrogen-bond acceptors (Lipinski definition) is 4. The van der Waals surface area contributed by atoms with Gasteiger partial charge >= 0.3 is 18.3 Å². The molecule has 0 amide bonds. The minimum absolute atomic E-state index is 0.0105. The van der Waals surface area contributed by atoms with Crippen molar-refractivity contribution in [2.24, 2.45) is 5.41 Å². The van der Waals surface area contributed by atoms with Crippen molar-refractivity contribution in [2.45, 2.75) is 50.9 Å². The van der Waals surface area contributed by atoms with E-state index in [0.717, 1.165) is 43.9 Å². The first-order valence-electron chi connectivity index (χ1n) is 15.6. The molecule has 3 heterocycles. The van der Waals surface area contributed by atoms with Gasteiger partial charge in [0, 0.05) is 34.2 Å². The van der Waals surface area contributed by atoms with Crippen LogP contribution < -0.4 is 4.74 Å². The van der Waals surface area contributed by atoms with Crippen molar-refractivity contribution in [2.75, 3.05) is 19.8 Å². The van der Waals surface area contributed by atoms with Crippen molar-refractivity contribution in [3.05, 3.63) is 112 Å². The Kier molecular flexibility index (Phi) is 9.61. The van der Waals surface area contributed by atoms with Crippen LogP contribution in [0.3, 0.4) is 0 Å². The zero-order valence-corrected chi connectivity index (χ0v) is 26.5. The van der Waals surface area contributed by atoms with Crippen LogP contribution in [-0.2, 0) is 32.5 Å². The fourth-order valence-electron chi connectivity index (χ4n) is 6.15. The first-order valence-corrected chi connectivity index (χ1v) is 15.6. The van der Waals surface area contributed by atoms with Gasteiger partial charge in [-0.15, -0.1) is 0 Å². The molecule has 2 bridgehead atoms. The zero-order valence-electron chi connectivity index (χ0n) is 26.5. The van der Waals surface area contributed by atoms with Crippen LogP contribution in [0.2, 0.25) is 0 Å². The van der Waals surface area contributed by atoms with E-state index in [4.69, 9.17) is 14.2 Å². The molecule has 0 unspecified atom stereocenters. The summed E-state index contributed by atoms with van der Waals surface area (Å²) < 4.78 is 178. The number of ether oxygens (including phenoxy) is 4. The number of unbranched alkanes of at least 4 members (excludes halogenated alkanes) is 2. The topological polar surface area (TPSA) is 36.9 Å². The van der Waals surface area contributed by atoms with E-state index in [-0.39, 0.29) is 34.2 Å². The largest absolute Gasteiger partial charge is 0.432 e. The van der Waals surface area contributed by atoms with E-state index < -0.39 is 81.2 Å². The average molecular weight is 733 g/mol. The fraction of sp³-hybridized carbons (Fsp3) is 0.333. The summed E-state index contributed by atoms with van der Waals surface area (Å²) in [5.74, 6) is -13.6. The molecule has 0 saturated carbocycles. The van der Waals surface area contributed by atoms with E-state index >= 15 is 8.78 Å². The van der Waals surface area contributed by atoms with Crippen molar-refractivity contribution in [3.63, 3.8) is 0 Å². The van der Waals surface area contributed by atoms with Gasteiger partial charge in [-0.1, -0.05) is 50.5 Å². The van der Waals surface area contributed by atoms with E-state index in [1.807, 2.05) is 0 Å². The highest BCUT2D eigenvalue weighted by molar-refractivity contribution is 5.72. The van der Waals surface area contributed by atoms with Gasteiger partial charge in [0.2, 0.25) is 0 Å². The van der Waals surface area contributed by atoms with Crippen LogP contribution in [0.5, 0.6) is 5.75 Å². The van der Waals surface area contributed by atoms with Crippen LogP contribution >= 0.6 is 0 Å². The molecule has 4 aromatic carbocycles. The molecule has 4 nitrogen and oxygen atoms in total. The molecule has 0 spiro atoms. The van der Waals surface area contributed by atoms with E-state index in [2.05, 4.69) is 11.7 Å². The molecule has 0 aromatic heterocycles. The SMILES string of the molecule is CCCCCC12COC(c3ccc(-c4ccc(-c5cc(F)c(C(F)(F)Oc6cc(F)c(C(F)(F)F)c(F)c6)c(F)c5)c(F)c4)c(F)c3)(OC1)OC2. The Morgan fingerprint density at radius 2 is 1.12 bits per heavy atom. The maximum Gasteiger partial charge on any atom is 0.432 e. The molecule has 0 aliphatic carbocycles. The summed E-state index contributed by atoms with van der Waals surface area (Å²) >= 11 is 0. The van der Waals surface area contributed by atoms with Gasteiger partial charge in [0.1, 0.15) is 51.8 Å². The molecule has 51 heavy (non-hydrogen) atoms. The molecule has 0 radical (unpaired) electrons. The second kappa shape index (κ2) is 13.4. The Morgan fingerprint density at radius 1 is 0.608 bits per heavy atom. The third-order valence-electron chi connectivity index (χ3n) is 8.81. The third-order valence-corrected chi connectivity index (χ3v) is 8.81. The molecule has 3 aliphatic heterocycles. The van der Waals surface area contributed by atoms with Gasteiger partial charge in [-0.2, -0.15) is 22.0 Å². The maximum atomic E-state index is 15.4. The molecule has 15 heteroatoms. The van der Waals surface area contributed by atoms with Crippen molar-refractivity contribution in [1.29, 1.82) is 0 Å². The molecule has 0 N–H and O–H groups in total. The van der Waals surface area contributed by atoms with Crippen LogP contribution in [0.4, 0.5) is 48.3 Å². The van der Waals surface area contributed by atoms with Crippen molar-refractivity contribution >= 4 is 0 Å². The molecule has 0 atom stereocenters. The van der Waals surface area contributed by atoms with Crippen molar-refractivity contribution in [3.8, 4) is 28.0 Å². The zero-order chi connectivity index (χ0) is 36.9. The Morgan fingerprint density at radius 3 is 1.65 bits per heavy atom. The fourth-order valence-corrected chi connectivity index (χ4v) is 6.15. The highest BCUT2D eigenvalue weighted by Gasteiger charge is 2.53. The molecule has 272 valence electrons. The van der Waals surface area contributed by atoms with Gasteiger partial charge in [0.05, 0.1) is 19.8 Å². The summed E-state index contributed by atoms with van der Waals surface area (Å²) in [7, 11) is 0. The van der Waals surface area contributed by atoms with Crippen LogP contribution in [0.25, 0.3) is 22.3 Å². The van der Waals surface area contributed by atoms with Gasteiger partial charge in [-0.25, -0.2) is 26.3 Å². The van der Waals surface area contributed by atoms with Crippen molar-refractivity contribution < 1.29 is 67.2 Å². The standard InChI is InChI=1S/C36H27F11O4/c1-2-3-4-9-33-16-48-36(49-17-33,50-18-33)21-6-8-23(26(38)13-21)19-5-7-24(25(37)10-19)20-11-27(39)32(28(40)12-20)35(46,47)51-22-14-29(41)31(30(42)15-22)34(43,44)45/h5-8,10-15H,2-4,9,16-18H2,1H3. The first kappa shape index (κ1) is 36.6. The number of benzene rings is 4. The van der Waals surface area contributed by atoms with Gasteiger partial charge in [-0.3, -0.25) is 0 Å². The first-order chi connectivity index (χ1) is 24.0. The molecule has 3 aliphatic rings. The minimum Gasteiger partial charge on any atom is -0.429 e. The Labute approximate surface area is 283 Å². The maximum absolute atomic E-state index is 15.4. The number of alkyl halides is 5. The number of halogens is 11. The lowest BCUT2D eigenvalue weighted by atomic mass is 9.82. The summed E-state index contributed by atoms with van der Waals surface area (Å²) in [5.41, 5.74) is -5.60. The Bertz CT molecular complexity index is 1890. The predicted molar refractivity (Wildman–Crippen MR) is 159 cm³/mol. The van der Waals surface area contributed by atoms with E-state index in [9.17, 15) is 39.5 Å². The van der Waals surface area contributed by atoms with Crippen LogP contribution in [0.15, 0.2) is 60.7 Å². The lowest BCUT2D eigenvalue weighted by Gasteiger charge is -2.52. The highest BCUT2D eigenvalue weighted by atomic mass is 19.4. The lowest BCUT2D eigenvalue weighted by molar-refractivity contribution is -0.480. The van der Waals surface area contributed by atoms with Gasteiger partial charge < -0.3 is 18.9 Å². The third kappa shape index (κ3) is 7.03. The smallest absolute Gasteiger partial charge is 0.429 e. The molecule has 3 saturated heterocycles. The van der Waals surface area contributed by atoms with Crippen molar-refractivity contribution in [1.82, 2.24) is 0 Å². The van der Waals surface area contributed by atoms with E-state index in [1.54, 1.807) is 0 Å². The summed E-state index contributed by atoms with van der Waals surface area (Å²) in [6, 6.07) is 7.25. The summed E-state index contributed by atoms with van der Waals surface area (Å²) in [4.78, 5) is 0. The number of rotatable bonds is 10. The highest BCUT2D eigenvalue weighted by Crippen LogP contribution is 2.47. The Hall–Kier alpha value is -4.21. The van der Waals surface area contributed by atoms with Crippen LogP contribution in [0, 0.1) is 40.3 Å². The molecular formula is C36H27F11O4. The normalized spacial score (nSPS) is 20.5. The predicted octanol–water partition coefficient (Wildman–Crippen LogP) is 10.8. The lowest BCUT2D eigenvalue weighted by Crippen LogP contribution is -2.58. The summed E-state index contributed by atoms with van der Waals surface area (Å²) in [6.07, 6.45) is -6.56. The molecule has 3 fully saturated rings. The van der Waals surface area contributed by atoms with Gasteiger partial charge in [-0.05, 0) is 41.8 Å². The molecular weight excluding hydrogens is 705 g/mol. The molecule has 4 aromatic rings. The van der Waals surface area contributed by atoms with E-state index in [1.165, 1.54) is 18.2 Å². The monoisotopic (exact) mass is 732 g/mol. The second-order valence-electron chi connectivity index (χ2n) is 12.5. The van der Waals surface area contributed by atoms with Gasteiger partial charge in [0.15, 0.2) is 0 Å². The number of fused-ring (bicyclic) bond motifs is 3. The summed E-state index contributed by atoms with van der Waals surface area (Å²) in [6.45, 7) is 3.17. The quantitative estimate of drug-likeness (QED) is 0.120. The molecule has 7 rings (SSSR count). The van der Waals surface area contributed by atoms with Crippen LogP contribution in [-0.4, -0.2) is 19.8 Å². The van der Waals surface area contributed by atoms with E-state index in [0.29, 0.717) is 32.0 Å². The summed E-state index contributed by atoms with van der Waals surface area (Å²) in [5, 5.41) is 0. The Balaban J connectivity index is 1.20. The minimum atomic E-state index is -5.51. The second-order valence-corrected chi connectivity index (χ2v) is 12.5. The van der Waals surface area contributed by atoms with Crippen LogP contribution in [0.1, 0.15) is 49.3 Å².